The first-order valence-electron chi connectivity index (χ1n) is 3.54. The molecule has 66 valence electrons. The number of terminal acetylenes is 1. The molecule has 0 aliphatic rings. The first-order valence-corrected chi connectivity index (χ1v) is 3.54. The Balaban J connectivity index is 4.47. The van der Waals surface area contributed by atoms with Gasteiger partial charge in [-0.25, -0.2) is 4.79 Å². The minimum atomic E-state index is -1.06. The largest absolute Gasteiger partial charge is 0.480 e. The van der Waals surface area contributed by atoms with Gasteiger partial charge in [-0.15, -0.1) is 6.42 Å². The van der Waals surface area contributed by atoms with E-state index in [0.717, 1.165) is 4.90 Å². The quantitative estimate of drug-likeness (QED) is 0.602. The second-order valence-corrected chi connectivity index (χ2v) is 2.25. The standard InChI is InChI=1S/C8H11NO3/c1-4-7(10)9(5-2)6(3)8(11)12/h1,6H,5H2,2-3H3,(H,11,12)/t6-/m1/s1. The van der Waals surface area contributed by atoms with Crippen molar-refractivity contribution in [3.63, 3.8) is 0 Å². The topological polar surface area (TPSA) is 57.6 Å². The van der Waals surface area contributed by atoms with E-state index in [4.69, 9.17) is 11.5 Å². The van der Waals surface area contributed by atoms with Crippen LogP contribution in [-0.4, -0.2) is 34.5 Å². The normalized spacial score (nSPS) is 11.4. The van der Waals surface area contributed by atoms with Gasteiger partial charge in [0.15, 0.2) is 0 Å². The molecule has 0 saturated heterocycles. The summed E-state index contributed by atoms with van der Waals surface area (Å²) in [6, 6.07) is -0.862. The Morgan fingerprint density at radius 3 is 2.42 bits per heavy atom. The van der Waals surface area contributed by atoms with Crippen LogP contribution in [-0.2, 0) is 9.59 Å². The van der Waals surface area contributed by atoms with Gasteiger partial charge < -0.3 is 10.0 Å². The number of rotatable bonds is 3. The van der Waals surface area contributed by atoms with E-state index in [1.54, 1.807) is 6.92 Å². The summed E-state index contributed by atoms with van der Waals surface area (Å²) in [5.41, 5.74) is 0. The second-order valence-electron chi connectivity index (χ2n) is 2.25. The third kappa shape index (κ3) is 2.27. The van der Waals surface area contributed by atoms with Gasteiger partial charge in [0.05, 0.1) is 0 Å². The van der Waals surface area contributed by atoms with E-state index in [0.29, 0.717) is 6.54 Å². The van der Waals surface area contributed by atoms with Crippen LogP contribution in [0.4, 0.5) is 0 Å². The van der Waals surface area contributed by atoms with Crippen LogP contribution in [0.25, 0.3) is 0 Å². The van der Waals surface area contributed by atoms with Crippen molar-refractivity contribution in [3.05, 3.63) is 0 Å². The molecule has 0 spiro atoms. The Labute approximate surface area is 71.2 Å². The summed E-state index contributed by atoms with van der Waals surface area (Å²) in [7, 11) is 0. The van der Waals surface area contributed by atoms with Crippen LogP contribution in [0.1, 0.15) is 13.8 Å². The average molecular weight is 169 g/mol. The molecule has 0 unspecified atom stereocenters. The third-order valence-corrected chi connectivity index (χ3v) is 1.55. The molecule has 4 nitrogen and oxygen atoms in total. The highest BCUT2D eigenvalue weighted by Crippen LogP contribution is 1.98. The summed E-state index contributed by atoms with van der Waals surface area (Å²) in [4.78, 5) is 22.5. The molecule has 0 aromatic carbocycles. The van der Waals surface area contributed by atoms with E-state index in [2.05, 4.69) is 0 Å². The van der Waals surface area contributed by atoms with Gasteiger partial charge in [0.25, 0.3) is 5.91 Å². The molecule has 0 heterocycles. The van der Waals surface area contributed by atoms with Crippen LogP contribution in [0.3, 0.4) is 0 Å². The van der Waals surface area contributed by atoms with Crippen LogP contribution in [0.15, 0.2) is 0 Å². The van der Waals surface area contributed by atoms with E-state index < -0.39 is 17.9 Å². The number of hydrogen-bond acceptors (Lipinski definition) is 2. The molecular weight excluding hydrogens is 158 g/mol. The number of amides is 1. The summed E-state index contributed by atoms with van der Waals surface area (Å²) < 4.78 is 0. The summed E-state index contributed by atoms with van der Waals surface area (Å²) >= 11 is 0. The van der Waals surface area contributed by atoms with Gasteiger partial charge in [0.1, 0.15) is 6.04 Å². The number of hydrogen-bond donors (Lipinski definition) is 1. The van der Waals surface area contributed by atoms with Crippen LogP contribution < -0.4 is 0 Å². The van der Waals surface area contributed by atoms with E-state index in [1.165, 1.54) is 6.92 Å². The SMILES string of the molecule is C#CC(=O)N(CC)[C@H](C)C(=O)O. The van der Waals surface area contributed by atoms with E-state index in [9.17, 15) is 9.59 Å². The van der Waals surface area contributed by atoms with Crippen molar-refractivity contribution >= 4 is 11.9 Å². The van der Waals surface area contributed by atoms with Crippen molar-refractivity contribution in [2.24, 2.45) is 0 Å². The number of aliphatic carboxylic acids is 1. The van der Waals surface area contributed by atoms with Gasteiger partial charge in [-0.2, -0.15) is 0 Å². The molecule has 1 atom stereocenters. The number of carboxylic acids is 1. The van der Waals surface area contributed by atoms with Gasteiger partial charge in [-0.05, 0) is 19.8 Å². The molecule has 0 bridgehead atoms. The number of nitrogens with zero attached hydrogens (tertiary/aromatic N) is 1. The molecule has 1 amide bonds. The highest BCUT2D eigenvalue weighted by Gasteiger charge is 2.22. The van der Waals surface area contributed by atoms with Gasteiger partial charge in [-0.1, -0.05) is 0 Å². The molecule has 0 aliphatic carbocycles. The highest BCUT2D eigenvalue weighted by molar-refractivity contribution is 5.95. The molecule has 0 radical (unpaired) electrons. The Hall–Kier alpha value is -1.50. The summed E-state index contributed by atoms with van der Waals surface area (Å²) in [6.07, 6.45) is 4.85. The molecule has 0 saturated carbocycles. The predicted molar refractivity (Wildman–Crippen MR) is 43.3 cm³/mol. The van der Waals surface area contributed by atoms with E-state index >= 15 is 0 Å². The number of carbonyl (C=O) groups excluding carboxylic acids is 1. The van der Waals surface area contributed by atoms with E-state index in [-0.39, 0.29) is 0 Å². The Morgan fingerprint density at radius 2 is 2.17 bits per heavy atom. The molecule has 0 aromatic heterocycles. The number of carboxylic acid groups (broad SMARTS) is 1. The van der Waals surface area contributed by atoms with E-state index in [1.807, 2.05) is 5.92 Å². The van der Waals surface area contributed by atoms with Crippen molar-refractivity contribution in [3.8, 4) is 12.3 Å². The second kappa shape index (κ2) is 4.39. The predicted octanol–water partition coefficient (Wildman–Crippen LogP) is -0.0588. The fourth-order valence-electron chi connectivity index (χ4n) is 0.810. The number of likely N-dealkylation sites (N-methyl/N-ethyl adjacent to an activating group) is 1. The lowest BCUT2D eigenvalue weighted by Crippen LogP contribution is -2.42. The monoisotopic (exact) mass is 169 g/mol. The average Bonchev–Trinajstić information content (AvgIpc) is 2.05. The maximum atomic E-state index is 10.9. The molecule has 0 fully saturated rings. The van der Waals surface area contributed by atoms with Crippen LogP contribution >= 0.6 is 0 Å². The first-order chi connectivity index (χ1) is 5.54. The summed E-state index contributed by atoms with van der Waals surface area (Å²) in [5.74, 6) is 0.230. The Morgan fingerprint density at radius 1 is 1.67 bits per heavy atom. The zero-order valence-electron chi connectivity index (χ0n) is 7.07. The molecule has 0 aliphatic heterocycles. The zero-order chi connectivity index (χ0) is 9.72. The third-order valence-electron chi connectivity index (χ3n) is 1.55. The summed E-state index contributed by atoms with van der Waals surface area (Å²) in [6.45, 7) is 3.40. The van der Waals surface area contributed by atoms with Gasteiger partial charge in [0, 0.05) is 6.54 Å². The molecular formula is C8H11NO3. The lowest BCUT2D eigenvalue weighted by atomic mass is 10.3. The van der Waals surface area contributed by atoms with Gasteiger partial charge in [-0.3, -0.25) is 4.79 Å². The van der Waals surface area contributed by atoms with Crippen molar-refractivity contribution < 1.29 is 14.7 Å². The Kier molecular flexibility index (Phi) is 3.84. The Bertz CT molecular complexity index is 229. The summed E-state index contributed by atoms with van der Waals surface area (Å²) in [5, 5.41) is 8.57. The maximum Gasteiger partial charge on any atom is 0.326 e. The van der Waals surface area contributed by atoms with Crippen molar-refractivity contribution in [2.75, 3.05) is 6.54 Å². The smallest absolute Gasteiger partial charge is 0.326 e. The van der Waals surface area contributed by atoms with Crippen molar-refractivity contribution in [1.82, 2.24) is 4.90 Å². The zero-order valence-corrected chi connectivity index (χ0v) is 7.07. The van der Waals surface area contributed by atoms with Crippen LogP contribution in [0, 0.1) is 12.3 Å². The van der Waals surface area contributed by atoms with Crippen molar-refractivity contribution in [2.45, 2.75) is 19.9 Å². The van der Waals surface area contributed by atoms with Crippen LogP contribution in [0.2, 0.25) is 0 Å². The minimum absolute atomic E-state index is 0.302. The van der Waals surface area contributed by atoms with Crippen LogP contribution in [0.5, 0.6) is 0 Å². The fraction of sp³-hybridized carbons (Fsp3) is 0.500. The van der Waals surface area contributed by atoms with Crippen molar-refractivity contribution in [1.29, 1.82) is 0 Å². The minimum Gasteiger partial charge on any atom is -0.480 e. The number of carbonyl (C=O) groups is 2. The lowest BCUT2D eigenvalue weighted by molar-refractivity contribution is -0.147. The first kappa shape index (κ1) is 10.5. The lowest BCUT2D eigenvalue weighted by Gasteiger charge is -2.21. The molecule has 12 heavy (non-hydrogen) atoms. The molecule has 4 heteroatoms. The molecule has 0 rings (SSSR count). The molecule has 1 N–H and O–H groups in total. The molecule has 0 aromatic rings. The maximum absolute atomic E-state index is 10.9. The van der Waals surface area contributed by atoms with Gasteiger partial charge in [0.2, 0.25) is 0 Å². The highest BCUT2D eigenvalue weighted by atomic mass is 16.4. The van der Waals surface area contributed by atoms with Gasteiger partial charge >= 0.3 is 5.97 Å². The fourth-order valence-corrected chi connectivity index (χ4v) is 0.810.